The van der Waals surface area contributed by atoms with E-state index in [-0.39, 0.29) is 12.4 Å². The minimum Gasteiger partial charge on any atom is -0.496 e. The highest BCUT2D eigenvalue weighted by atomic mass is 79.9. The summed E-state index contributed by atoms with van der Waals surface area (Å²) in [7, 11) is 1.50. The number of carbonyl (C=O) groups excluding carboxylic acids is 1. The van der Waals surface area contributed by atoms with Crippen molar-refractivity contribution in [1.29, 1.82) is 5.26 Å². The third-order valence-electron chi connectivity index (χ3n) is 2.18. The second-order valence-electron chi connectivity index (χ2n) is 3.20. The maximum absolute atomic E-state index is 11.5. The number of methoxy groups -OCH3 is 1. The van der Waals surface area contributed by atoms with Crippen molar-refractivity contribution in [3.05, 3.63) is 27.7 Å². The van der Waals surface area contributed by atoms with Gasteiger partial charge in [-0.3, -0.25) is 4.79 Å². The van der Waals surface area contributed by atoms with E-state index in [4.69, 9.17) is 14.7 Å². The molecule has 4 nitrogen and oxygen atoms in total. The molecule has 0 unspecified atom stereocenters. The summed E-state index contributed by atoms with van der Waals surface area (Å²) in [6.45, 7) is 2.05. The van der Waals surface area contributed by atoms with Crippen LogP contribution in [0.5, 0.6) is 5.75 Å². The van der Waals surface area contributed by atoms with Gasteiger partial charge >= 0.3 is 5.97 Å². The van der Waals surface area contributed by atoms with E-state index in [1.165, 1.54) is 7.11 Å². The molecule has 0 aromatic heterocycles. The molecule has 0 heterocycles. The van der Waals surface area contributed by atoms with Crippen molar-refractivity contribution in [2.45, 2.75) is 13.3 Å². The smallest absolute Gasteiger partial charge is 0.310 e. The highest BCUT2D eigenvalue weighted by Gasteiger charge is 2.16. The summed E-state index contributed by atoms with van der Waals surface area (Å²) in [5, 5.41) is 9.07. The molecule has 0 radical (unpaired) electrons. The van der Waals surface area contributed by atoms with Crippen molar-refractivity contribution in [3.8, 4) is 11.8 Å². The minimum absolute atomic E-state index is 0.0271. The highest BCUT2D eigenvalue weighted by molar-refractivity contribution is 9.10. The zero-order chi connectivity index (χ0) is 12.8. The Morgan fingerprint density at radius 1 is 1.53 bits per heavy atom. The largest absolute Gasteiger partial charge is 0.496 e. The molecule has 0 atom stereocenters. The molecule has 0 saturated carbocycles. The number of esters is 1. The van der Waals surface area contributed by atoms with E-state index in [9.17, 15) is 4.79 Å². The Bertz CT molecular complexity index is 466. The van der Waals surface area contributed by atoms with E-state index in [1.807, 2.05) is 0 Å². The molecule has 1 aromatic rings. The number of benzene rings is 1. The summed E-state index contributed by atoms with van der Waals surface area (Å²) in [5.41, 5.74) is 0.945. The molecule has 90 valence electrons. The average molecular weight is 298 g/mol. The normalized spacial score (nSPS) is 9.53. The van der Waals surface area contributed by atoms with Crippen LogP contribution in [-0.4, -0.2) is 19.7 Å². The molecule has 0 spiro atoms. The molecule has 0 aliphatic rings. The van der Waals surface area contributed by atoms with E-state index >= 15 is 0 Å². The summed E-state index contributed by atoms with van der Waals surface area (Å²) in [4.78, 5) is 11.5. The molecule has 5 heteroatoms. The maximum atomic E-state index is 11.5. The quantitative estimate of drug-likeness (QED) is 0.801. The van der Waals surface area contributed by atoms with Crippen LogP contribution in [0.2, 0.25) is 0 Å². The van der Waals surface area contributed by atoms with Crippen LogP contribution in [0, 0.1) is 11.3 Å². The first kappa shape index (κ1) is 13.5. The Labute approximate surface area is 108 Å². The second kappa shape index (κ2) is 6.26. The van der Waals surface area contributed by atoms with Crippen LogP contribution in [-0.2, 0) is 16.0 Å². The van der Waals surface area contributed by atoms with Gasteiger partial charge in [-0.1, -0.05) is 0 Å². The second-order valence-corrected chi connectivity index (χ2v) is 4.05. The van der Waals surface area contributed by atoms with Crippen LogP contribution in [0.25, 0.3) is 0 Å². The van der Waals surface area contributed by atoms with Gasteiger partial charge in [0, 0.05) is 10.0 Å². The Hall–Kier alpha value is -1.54. The summed E-state index contributed by atoms with van der Waals surface area (Å²) in [6, 6.07) is 5.47. The number of halogens is 1. The first-order chi connectivity index (χ1) is 8.13. The van der Waals surface area contributed by atoms with Crippen molar-refractivity contribution in [1.82, 2.24) is 0 Å². The van der Waals surface area contributed by atoms with Gasteiger partial charge in [0.25, 0.3) is 0 Å². The van der Waals surface area contributed by atoms with Gasteiger partial charge in [-0.2, -0.15) is 5.26 Å². The zero-order valence-corrected chi connectivity index (χ0v) is 11.2. The van der Waals surface area contributed by atoms with Gasteiger partial charge < -0.3 is 9.47 Å². The van der Waals surface area contributed by atoms with Crippen molar-refractivity contribution in [2.24, 2.45) is 0 Å². The lowest BCUT2D eigenvalue weighted by molar-refractivity contribution is -0.142. The van der Waals surface area contributed by atoms with E-state index < -0.39 is 0 Å². The van der Waals surface area contributed by atoms with Crippen molar-refractivity contribution in [3.63, 3.8) is 0 Å². The summed E-state index contributed by atoms with van der Waals surface area (Å²) < 4.78 is 10.6. The van der Waals surface area contributed by atoms with E-state index in [0.29, 0.717) is 28.0 Å². The first-order valence-corrected chi connectivity index (χ1v) is 5.84. The topological polar surface area (TPSA) is 59.3 Å². The number of hydrogen-bond donors (Lipinski definition) is 0. The lowest BCUT2D eigenvalue weighted by atomic mass is 10.0. The summed E-state index contributed by atoms with van der Waals surface area (Å²) in [6.07, 6.45) is 0.0271. The van der Waals surface area contributed by atoms with Gasteiger partial charge in [0.2, 0.25) is 0 Å². The van der Waals surface area contributed by atoms with Crippen LogP contribution in [0.4, 0.5) is 0 Å². The standard InChI is InChI=1S/C12H12BrNO3/c1-3-17-12(15)6-8-9(7-14)10(13)4-5-11(8)16-2/h4-5H,3,6H2,1-2H3. The molecular formula is C12H12BrNO3. The molecule has 0 aliphatic heterocycles. The number of nitriles is 1. The molecule has 1 rings (SSSR count). The van der Waals surface area contributed by atoms with Gasteiger partial charge in [0.1, 0.15) is 11.8 Å². The molecule has 0 N–H and O–H groups in total. The van der Waals surface area contributed by atoms with Crippen LogP contribution in [0.3, 0.4) is 0 Å². The molecule has 0 bridgehead atoms. The van der Waals surface area contributed by atoms with E-state index in [1.54, 1.807) is 19.1 Å². The van der Waals surface area contributed by atoms with Gasteiger partial charge in [-0.25, -0.2) is 0 Å². The molecule has 1 aromatic carbocycles. The molecule has 0 fully saturated rings. The molecule has 0 aliphatic carbocycles. The highest BCUT2D eigenvalue weighted by Crippen LogP contribution is 2.29. The number of rotatable bonds is 4. The van der Waals surface area contributed by atoms with Crippen LogP contribution < -0.4 is 4.74 Å². The third kappa shape index (κ3) is 3.21. The minimum atomic E-state index is -0.375. The zero-order valence-electron chi connectivity index (χ0n) is 9.62. The van der Waals surface area contributed by atoms with Gasteiger partial charge in [-0.05, 0) is 35.0 Å². The fourth-order valence-electron chi connectivity index (χ4n) is 1.44. The van der Waals surface area contributed by atoms with Crippen LogP contribution in [0.1, 0.15) is 18.1 Å². The summed E-state index contributed by atoms with van der Waals surface area (Å²) in [5.74, 6) is 0.137. The molecule has 17 heavy (non-hydrogen) atoms. The van der Waals surface area contributed by atoms with Crippen molar-refractivity contribution < 1.29 is 14.3 Å². The average Bonchev–Trinajstić information content (AvgIpc) is 2.30. The Balaban J connectivity index is 3.15. The summed E-state index contributed by atoms with van der Waals surface area (Å²) >= 11 is 3.27. The van der Waals surface area contributed by atoms with Gasteiger partial charge in [-0.15, -0.1) is 0 Å². The van der Waals surface area contributed by atoms with Crippen LogP contribution in [0.15, 0.2) is 16.6 Å². The van der Waals surface area contributed by atoms with E-state index in [0.717, 1.165) is 0 Å². The van der Waals surface area contributed by atoms with Gasteiger partial charge in [0.05, 0.1) is 25.7 Å². The predicted molar refractivity (Wildman–Crippen MR) is 65.7 cm³/mol. The number of ether oxygens (including phenoxy) is 2. The number of carbonyl (C=O) groups is 1. The maximum Gasteiger partial charge on any atom is 0.310 e. The third-order valence-corrected chi connectivity index (χ3v) is 2.84. The van der Waals surface area contributed by atoms with Crippen molar-refractivity contribution >= 4 is 21.9 Å². The van der Waals surface area contributed by atoms with Crippen LogP contribution >= 0.6 is 15.9 Å². The predicted octanol–water partition coefficient (Wildman–Crippen LogP) is 2.43. The number of hydrogen-bond acceptors (Lipinski definition) is 4. The van der Waals surface area contributed by atoms with Gasteiger partial charge in [0.15, 0.2) is 0 Å². The molecule has 0 amide bonds. The lowest BCUT2D eigenvalue weighted by Gasteiger charge is -2.10. The molecular weight excluding hydrogens is 286 g/mol. The SMILES string of the molecule is CCOC(=O)Cc1c(OC)ccc(Br)c1C#N. The first-order valence-electron chi connectivity index (χ1n) is 5.05. The Kier molecular flexibility index (Phi) is 4.98. The lowest BCUT2D eigenvalue weighted by Crippen LogP contribution is -2.10. The fraction of sp³-hybridized carbons (Fsp3) is 0.333. The monoisotopic (exact) mass is 297 g/mol. The number of nitrogens with zero attached hydrogens (tertiary/aromatic N) is 1. The van der Waals surface area contributed by atoms with Crippen molar-refractivity contribution in [2.75, 3.05) is 13.7 Å². The molecule has 0 saturated heterocycles. The Morgan fingerprint density at radius 3 is 2.76 bits per heavy atom. The van der Waals surface area contributed by atoms with E-state index in [2.05, 4.69) is 22.0 Å². The Morgan fingerprint density at radius 2 is 2.24 bits per heavy atom. The fourth-order valence-corrected chi connectivity index (χ4v) is 1.90.